The van der Waals surface area contributed by atoms with Crippen molar-refractivity contribution < 1.29 is 9.21 Å². The monoisotopic (exact) mass is 446 g/mol. The lowest BCUT2D eigenvalue weighted by Gasteiger charge is -2.04. The first-order valence-electron chi connectivity index (χ1n) is 9.21. The Morgan fingerprint density at radius 1 is 1.03 bits per heavy atom. The Balaban J connectivity index is 1.33. The van der Waals surface area contributed by atoms with Crippen LogP contribution < -0.4 is 5.32 Å². The first-order chi connectivity index (χ1) is 15.2. The van der Waals surface area contributed by atoms with Gasteiger partial charge in [-0.05, 0) is 60.5 Å². The molecule has 0 saturated carbocycles. The molecular weight excluding hydrogens is 432 g/mol. The van der Waals surface area contributed by atoms with Gasteiger partial charge in [0.2, 0.25) is 11.8 Å². The zero-order valence-corrected chi connectivity index (χ0v) is 17.7. The van der Waals surface area contributed by atoms with Gasteiger partial charge in [-0.25, -0.2) is 4.98 Å². The minimum absolute atomic E-state index is 0.131. The topological polar surface area (TPSA) is 80.9 Å². The Morgan fingerprint density at radius 3 is 2.71 bits per heavy atom. The number of hydrogen-bond donors (Lipinski definition) is 1. The molecule has 0 radical (unpaired) electrons. The summed E-state index contributed by atoms with van der Waals surface area (Å²) in [6.45, 7) is 0. The molecule has 1 amide bonds. The Morgan fingerprint density at radius 2 is 1.90 bits per heavy atom. The minimum Gasteiger partial charge on any atom is -0.411 e. The number of halogens is 1. The number of amides is 1. The molecule has 4 rings (SSSR count). The van der Waals surface area contributed by atoms with Gasteiger partial charge in [0.25, 0.3) is 5.22 Å². The summed E-state index contributed by atoms with van der Waals surface area (Å²) in [5.74, 6) is 6.35. The van der Waals surface area contributed by atoms with E-state index in [2.05, 4.69) is 32.3 Å². The van der Waals surface area contributed by atoms with E-state index in [0.717, 1.165) is 22.9 Å². The van der Waals surface area contributed by atoms with E-state index in [1.165, 1.54) is 0 Å². The van der Waals surface area contributed by atoms with Gasteiger partial charge in [0, 0.05) is 28.0 Å². The number of nitrogens with zero attached hydrogens (tertiary/aromatic N) is 3. The largest absolute Gasteiger partial charge is 0.411 e. The van der Waals surface area contributed by atoms with Gasteiger partial charge >= 0.3 is 0 Å². The van der Waals surface area contributed by atoms with Crippen LogP contribution >= 0.6 is 23.4 Å². The number of hydrogen-bond acceptors (Lipinski definition) is 6. The summed E-state index contributed by atoms with van der Waals surface area (Å²) in [6.07, 6.45) is 1.69. The van der Waals surface area contributed by atoms with Crippen molar-refractivity contribution in [2.45, 2.75) is 5.22 Å². The first kappa shape index (κ1) is 20.7. The summed E-state index contributed by atoms with van der Waals surface area (Å²) in [6, 6.07) is 20.0. The number of nitrogens with one attached hydrogen (secondary N) is 1. The summed E-state index contributed by atoms with van der Waals surface area (Å²) in [4.78, 5) is 16.5. The van der Waals surface area contributed by atoms with E-state index in [-0.39, 0.29) is 11.7 Å². The molecule has 2 heterocycles. The van der Waals surface area contributed by atoms with Gasteiger partial charge in [0.1, 0.15) is 5.69 Å². The lowest BCUT2D eigenvalue weighted by molar-refractivity contribution is -0.113. The Kier molecular flexibility index (Phi) is 6.62. The van der Waals surface area contributed by atoms with Crippen LogP contribution in [-0.4, -0.2) is 26.8 Å². The zero-order chi connectivity index (χ0) is 21.5. The fourth-order valence-corrected chi connectivity index (χ4v) is 3.24. The molecule has 0 atom stereocenters. The van der Waals surface area contributed by atoms with Crippen LogP contribution in [0, 0.1) is 11.8 Å². The van der Waals surface area contributed by atoms with Gasteiger partial charge in [-0.3, -0.25) is 4.79 Å². The second kappa shape index (κ2) is 9.94. The Hall–Kier alpha value is -3.60. The second-order valence-corrected chi connectivity index (χ2v) is 7.63. The van der Waals surface area contributed by atoms with Crippen LogP contribution in [0.2, 0.25) is 5.02 Å². The van der Waals surface area contributed by atoms with Crippen LogP contribution in [0.25, 0.3) is 11.5 Å². The smallest absolute Gasteiger partial charge is 0.277 e. The average Bonchev–Trinajstić information content (AvgIpc) is 3.27. The maximum atomic E-state index is 12.3. The third kappa shape index (κ3) is 5.95. The Bertz CT molecular complexity index is 1250. The van der Waals surface area contributed by atoms with Gasteiger partial charge in [0.15, 0.2) is 0 Å². The van der Waals surface area contributed by atoms with Gasteiger partial charge in [-0.1, -0.05) is 41.4 Å². The normalized spacial score (nSPS) is 10.2. The predicted octanol–water partition coefficient (Wildman–Crippen LogP) is 4.92. The van der Waals surface area contributed by atoms with Crippen molar-refractivity contribution in [2.24, 2.45) is 0 Å². The lowest BCUT2D eigenvalue weighted by atomic mass is 10.2. The van der Waals surface area contributed by atoms with Crippen molar-refractivity contribution in [1.82, 2.24) is 15.2 Å². The Labute approximate surface area is 188 Å². The molecule has 8 heteroatoms. The number of benzene rings is 2. The molecule has 0 aliphatic heterocycles. The van der Waals surface area contributed by atoms with Crippen molar-refractivity contribution in [3.8, 4) is 23.3 Å². The number of rotatable bonds is 5. The molecule has 0 fully saturated rings. The molecule has 0 spiro atoms. The van der Waals surface area contributed by atoms with Crippen LogP contribution in [0.15, 0.2) is 82.6 Å². The lowest BCUT2D eigenvalue weighted by Crippen LogP contribution is -2.14. The molecular formula is C23H15ClN4O2S. The number of thioether (sulfide) groups is 1. The van der Waals surface area contributed by atoms with Gasteiger partial charge in [0.05, 0.1) is 5.75 Å². The van der Waals surface area contributed by atoms with Gasteiger partial charge in [-0.2, -0.15) is 0 Å². The molecule has 0 aliphatic rings. The highest BCUT2D eigenvalue weighted by molar-refractivity contribution is 7.99. The number of anilines is 1. The van der Waals surface area contributed by atoms with Gasteiger partial charge < -0.3 is 9.73 Å². The van der Waals surface area contributed by atoms with E-state index in [9.17, 15) is 4.79 Å². The fourth-order valence-electron chi connectivity index (χ4n) is 2.55. The molecule has 0 unspecified atom stereocenters. The molecule has 6 nitrogen and oxygen atoms in total. The number of aromatic nitrogens is 3. The summed E-state index contributed by atoms with van der Waals surface area (Å²) >= 11 is 7.05. The molecule has 2 aromatic heterocycles. The second-order valence-electron chi connectivity index (χ2n) is 6.26. The van der Waals surface area contributed by atoms with Crippen LogP contribution in [0.1, 0.15) is 11.3 Å². The average molecular weight is 447 g/mol. The molecule has 31 heavy (non-hydrogen) atoms. The van der Waals surface area contributed by atoms with E-state index >= 15 is 0 Å². The predicted molar refractivity (Wildman–Crippen MR) is 121 cm³/mol. The molecule has 152 valence electrons. The van der Waals surface area contributed by atoms with E-state index in [0.29, 0.717) is 27.5 Å². The van der Waals surface area contributed by atoms with Crippen molar-refractivity contribution in [3.05, 3.63) is 89.2 Å². The molecule has 4 aromatic rings. The minimum atomic E-state index is -0.189. The van der Waals surface area contributed by atoms with E-state index in [4.69, 9.17) is 16.0 Å². The van der Waals surface area contributed by atoms with Crippen LogP contribution in [0.5, 0.6) is 0 Å². The highest BCUT2D eigenvalue weighted by Gasteiger charge is 2.11. The summed E-state index contributed by atoms with van der Waals surface area (Å²) in [5.41, 5.74) is 2.88. The third-order valence-corrected chi connectivity index (χ3v) is 5.04. The van der Waals surface area contributed by atoms with E-state index < -0.39 is 0 Å². The summed E-state index contributed by atoms with van der Waals surface area (Å²) < 4.78 is 5.60. The van der Waals surface area contributed by atoms with Gasteiger partial charge in [-0.15, -0.1) is 10.2 Å². The van der Waals surface area contributed by atoms with Crippen molar-refractivity contribution in [2.75, 3.05) is 11.1 Å². The number of carbonyl (C=O) groups excluding carboxylic acids is 1. The SMILES string of the molecule is O=C(CSc1nnc(-c2ccc(Cl)cc2)o1)Nc1cccc(C#Cc2ccccn2)c1. The molecule has 1 N–H and O–H groups in total. The fraction of sp³-hybridized carbons (Fsp3) is 0.0435. The zero-order valence-electron chi connectivity index (χ0n) is 16.1. The third-order valence-electron chi connectivity index (χ3n) is 3.97. The molecule has 0 aliphatic carbocycles. The molecule has 0 saturated heterocycles. The number of pyridine rings is 1. The van der Waals surface area contributed by atoms with Crippen molar-refractivity contribution >= 4 is 35.0 Å². The molecule has 0 bridgehead atoms. The van der Waals surface area contributed by atoms with E-state index in [1.807, 2.05) is 36.4 Å². The summed E-state index contributed by atoms with van der Waals surface area (Å²) in [5, 5.41) is 11.8. The molecule has 2 aromatic carbocycles. The van der Waals surface area contributed by atoms with E-state index in [1.54, 1.807) is 36.5 Å². The van der Waals surface area contributed by atoms with Crippen molar-refractivity contribution in [1.29, 1.82) is 0 Å². The standard InChI is InChI=1S/C23H15ClN4O2S/c24-18-10-8-17(9-11-18)22-27-28-23(30-22)31-15-21(29)26-20-6-3-4-16(14-20)7-12-19-5-1-2-13-25-19/h1-6,8-11,13-14H,15H2,(H,26,29). The highest BCUT2D eigenvalue weighted by Crippen LogP contribution is 2.24. The first-order valence-corrected chi connectivity index (χ1v) is 10.6. The quantitative estimate of drug-likeness (QED) is 0.346. The maximum absolute atomic E-state index is 12.3. The van der Waals surface area contributed by atoms with Crippen molar-refractivity contribution in [3.63, 3.8) is 0 Å². The maximum Gasteiger partial charge on any atom is 0.277 e. The van der Waals surface area contributed by atoms with Crippen LogP contribution in [0.4, 0.5) is 5.69 Å². The van der Waals surface area contributed by atoms with Crippen LogP contribution in [0.3, 0.4) is 0 Å². The highest BCUT2D eigenvalue weighted by atomic mass is 35.5. The summed E-state index contributed by atoms with van der Waals surface area (Å²) in [7, 11) is 0. The number of carbonyl (C=O) groups is 1. The van der Waals surface area contributed by atoms with Crippen LogP contribution in [-0.2, 0) is 4.79 Å².